The molecule has 31 heavy (non-hydrogen) atoms. The van der Waals surface area contributed by atoms with Gasteiger partial charge in [0.05, 0.1) is 24.2 Å². The zero-order valence-corrected chi connectivity index (χ0v) is 17.6. The van der Waals surface area contributed by atoms with Gasteiger partial charge >= 0.3 is 5.97 Å². The molecule has 0 aliphatic carbocycles. The second kappa shape index (κ2) is 9.62. The summed E-state index contributed by atoms with van der Waals surface area (Å²) in [5.41, 5.74) is 5.37. The summed E-state index contributed by atoms with van der Waals surface area (Å²) in [7, 11) is 0. The SMILES string of the molecule is Cc1c(CCN[C@H](c2ccccc2)[C@H]2CNc3cccnc3N2)cccc1CC(=O)O. The molecule has 2 atom stereocenters. The van der Waals surface area contributed by atoms with E-state index >= 15 is 0 Å². The molecule has 4 N–H and O–H groups in total. The molecule has 160 valence electrons. The highest BCUT2D eigenvalue weighted by Gasteiger charge is 2.27. The van der Waals surface area contributed by atoms with Crippen molar-refractivity contribution in [2.75, 3.05) is 23.7 Å². The molecule has 2 aromatic carbocycles. The number of nitrogens with one attached hydrogen (secondary N) is 3. The van der Waals surface area contributed by atoms with Gasteiger partial charge in [0.25, 0.3) is 0 Å². The van der Waals surface area contributed by atoms with E-state index in [9.17, 15) is 4.79 Å². The van der Waals surface area contributed by atoms with Crippen molar-refractivity contribution in [3.05, 3.63) is 89.1 Å². The highest BCUT2D eigenvalue weighted by atomic mass is 16.4. The Balaban J connectivity index is 1.48. The van der Waals surface area contributed by atoms with E-state index in [1.54, 1.807) is 6.20 Å². The van der Waals surface area contributed by atoms with Crippen LogP contribution in [-0.4, -0.2) is 35.2 Å². The van der Waals surface area contributed by atoms with Gasteiger partial charge < -0.3 is 21.1 Å². The fraction of sp³-hybridized carbons (Fsp3) is 0.280. The van der Waals surface area contributed by atoms with E-state index in [4.69, 9.17) is 5.11 Å². The van der Waals surface area contributed by atoms with Crippen molar-refractivity contribution >= 4 is 17.5 Å². The van der Waals surface area contributed by atoms with E-state index in [0.717, 1.165) is 42.1 Å². The summed E-state index contributed by atoms with van der Waals surface area (Å²) >= 11 is 0. The topological polar surface area (TPSA) is 86.3 Å². The number of aliphatic carboxylic acids is 1. The third kappa shape index (κ3) is 5.03. The van der Waals surface area contributed by atoms with Crippen molar-refractivity contribution in [3.63, 3.8) is 0 Å². The molecule has 6 nitrogen and oxygen atoms in total. The lowest BCUT2D eigenvalue weighted by atomic mass is 9.96. The van der Waals surface area contributed by atoms with Crippen LogP contribution in [0.15, 0.2) is 66.9 Å². The molecule has 1 aliphatic heterocycles. The predicted molar refractivity (Wildman–Crippen MR) is 124 cm³/mol. The predicted octanol–water partition coefficient (Wildman–Crippen LogP) is 3.80. The normalized spacial score (nSPS) is 16.0. The number of rotatable bonds is 8. The van der Waals surface area contributed by atoms with Crippen LogP contribution in [0.4, 0.5) is 11.5 Å². The summed E-state index contributed by atoms with van der Waals surface area (Å²) in [5, 5.41) is 19.9. The Labute approximate surface area is 182 Å². The number of pyridine rings is 1. The van der Waals surface area contributed by atoms with Crippen LogP contribution in [0.5, 0.6) is 0 Å². The molecule has 0 bridgehead atoms. The molecule has 3 aromatic rings. The minimum Gasteiger partial charge on any atom is -0.481 e. The molecule has 4 rings (SSSR count). The summed E-state index contributed by atoms with van der Waals surface area (Å²) in [5.74, 6) is 0.0750. The fourth-order valence-electron chi connectivity index (χ4n) is 4.19. The summed E-state index contributed by atoms with van der Waals surface area (Å²) in [6, 6.07) is 20.6. The highest BCUT2D eigenvalue weighted by molar-refractivity contribution is 5.71. The quantitative estimate of drug-likeness (QED) is 0.447. The number of carboxylic acids is 1. The van der Waals surface area contributed by atoms with Crippen LogP contribution in [0.3, 0.4) is 0 Å². The van der Waals surface area contributed by atoms with Crippen molar-refractivity contribution in [2.24, 2.45) is 0 Å². The number of fused-ring (bicyclic) bond motifs is 1. The number of aromatic nitrogens is 1. The van der Waals surface area contributed by atoms with Crippen molar-refractivity contribution in [1.82, 2.24) is 10.3 Å². The number of benzene rings is 2. The zero-order valence-electron chi connectivity index (χ0n) is 17.6. The van der Waals surface area contributed by atoms with Crippen molar-refractivity contribution < 1.29 is 9.90 Å². The average Bonchev–Trinajstić information content (AvgIpc) is 2.79. The van der Waals surface area contributed by atoms with Crippen LogP contribution < -0.4 is 16.0 Å². The summed E-state index contributed by atoms with van der Waals surface area (Å²) < 4.78 is 0. The van der Waals surface area contributed by atoms with Crippen LogP contribution in [-0.2, 0) is 17.6 Å². The zero-order chi connectivity index (χ0) is 21.6. The number of hydrogen-bond acceptors (Lipinski definition) is 5. The molecule has 0 radical (unpaired) electrons. The maximum Gasteiger partial charge on any atom is 0.307 e. The maximum absolute atomic E-state index is 11.1. The largest absolute Gasteiger partial charge is 0.481 e. The van der Waals surface area contributed by atoms with Crippen LogP contribution in [0.1, 0.15) is 28.3 Å². The van der Waals surface area contributed by atoms with Gasteiger partial charge in [-0.05, 0) is 54.3 Å². The average molecular weight is 417 g/mol. The molecule has 0 unspecified atom stereocenters. The first-order valence-electron chi connectivity index (χ1n) is 10.6. The molecule has 0 saturated carbocycles. The summed E-state index contributed by atoms with van der Waals surface area (Å²) in [4.78, 5) is 15.6. The minimum atomic E-state index is -0.799. The van der Waals surface area contributed by atoms with Crippen molar-refractivity contribution in [1.29, 1.82) is 0 Å². The van der Waals surface area contributed by atoms with Gasteiger partial charge in [-0.1, -0.05) is 48.5 Å². The molecule has 2 heterocycles. The third-order valence-corrected chi connectivity index (χ3v) is 5.86. The van der Waals surface area contributed by atoms with E-state index in [-0.39, 0.29) is 18.5 Å². The molecule has 0 fully saturated rings. The lowest BCUT2D eigenvalue weighted by Crippen LogP contribution is -2.44. The Morgan fingerprint density at radius 1 is 1.13 bits per heavy atom. The van der Waals surface area contributed by atoms with Gasteiger partial charge in [-0.25, -0.2) is 4.98 Å². The van der Waals surface area contributed by atoms with E-state index in [2.05, 4.69) is 51.3 Å². The van der Waals surface area contributed by atoms with Crippen LogP contribution in [0.25, 0.3) is 0 Å². The first-order valence-corrected chi connectivity index (χ1v) is 10.6. The number of carbonyl (C=O) groups is 1. The molecule has 6 heteroatoms. The molecular weight excluding hydrogens is 388 g/mol. The van der Waals surface area contributed by atoms with Gasteiger partial charge in [0, 0.05) is 12.7 Å². The van der Waals surface area contributed by atoms with Crippen LogP contribution >= 0.6 is 0 Å². The molecule has 0 spiro atoms. The minimum absolute atomic E-state index is 0.0593. The van der Waals surface area contributed by atoms with Gasteiger partial charge in [-0.3, -0.25) is 4.79 Å². The Hall–Kier alpha value is -3.38. The molecule has 1 aliphatic rings. The molecule has 1 aromatic heterocycles. The van der Waals surface area contributed by atoms with E-state index in [0.29, 0.717) is 0 Å². The smallest absolute Gasteiger partial charge is 0.307 e. The molecule has 0 amide bonds. The van der Waals surface area contributed by atoms with E-state index in [1.807, 2.05) is 37.3 Å². The lowest BCUT2D eigenvalue weighted by molar-refractivity contribution is -0.136. The first kappa shape index (κ1) is 20.9. The monoisotopic (exact) mass is 416 g/mol. The Morgan fingerprint density at radius 3 is 2.74 bits per heavy atom. The van der Waals surface area contributed by atoms with Gasteiger partial charge in [-0.2, -0.15) is 0 Å². The number of anilines is 2. The van der Waals surface area contributed by atoms with E-state index < -0.39 is 5.97 Å². The van der Waals surface area contributed by atoms with Gasteiger partial charge in [-0.15, -0.1) is 0 Å². The van der Waals surface area contributed by atoms with Crippen LogP contribution in [0.2, 0.25) is 0 Å². The maximum atomic E-state index is 11.1. The summed E-state index contributed by atoms with van der Waals surface area (Å²) in [6.07, 6.45) is 2.69. The molecule has 0 saturated heterocycles. The Morgan fingerprint density at radius 2 is 1.94 bits per heavy atom. The van der Waals surface area contributed by atoms with E-state index in [1.165, 1.54) is 11.1 Å². The summed E-state index contributed by atoms with van der Waals surface area (Å²) in [6.45, 7) is 3.58. The highest BCUT2D eigenvalue weighted by Crippen LogP contribution is 2.28. The van der Waals surface area contributed by atoms with Crippen molar-refractivity contribution in [2.45, 2.75) is 31.8 Å². The van der Waals surface area contributed by atoms with Gasteiger partial charge in [0.15, 0.2) is 0 Å². The molecular formula is C25H28N4O2. The van der Waals surface area contributed by atoms with Crippen LogP contribution in [0, 0.1) is 6.92 Å². The fourth-order valence-corrected chi connectivity index (χ4v) is 4.19. The third-order valence-electron chi connectivity index (χ3n) is 5.86. The van der Waals surface area contributed by atoms with Gasteiger partial charge in [0.2, 0.25) is 0 Å². The second-order valence-electron chi connectivity index (χ2n) is 7.90. The second-order valence-corrected chi connectivity index (χ2v) is 7.90. The van der Waals surface area contributed by atoms with Crippen molar-refractivity contribution in [3.8, 4) is 0 Å². The number of nitrogens with zero attached hydrogens (tertiary/aromatic N) is 1. The number of carboxylic acid groups (broad SMARTS) is 1. The Kier molecular flexibility index (Phi) is 6.48. The van der Waals surface area contributed by atoms with Gasteiger partial charge in [0.1, 0.15) is 5.82 Å². The first-order chi connectivity index (χ1) is 15.1. The standard InChI is InChI=1S/C25H28N4O2/c1-17-18(9-5-10-20(17)15-23(30)31)12-14-26-24(19-7-3-2-4-8-19)22-16-28-21-11-6-13-27-25(21)29-22/h2-11,13,22,24,26,28H,12,14-16H2,1H3,(H,27,29)(H,30,31)/t22-,24-/m1/s1. The lowest BCUT2D eigenvalue weighted by Gasteiger charge is -2.34. The Bertz CT molecular complexity index is 1040. The number of hydrogen-bond donors (Lipinski definition) is 4.